The average molecular weight is 411 g/mol. The van der Waals surface area contributed by atoms with Crippen LogP contribution in [0, 0.1) is 0 Å². The van der Waals surface area contributed by atoms with Crippen molar-refractivity contribution >= 4 is 5.96 Å². The van der Waals surface area contributed by atoms with Gasteiger partial charge in [0, 0.05) is 32.7 Å². The summed E-state index contributed by atoms with van der Waals surface area (Å²) in [7, 11) is 0. The predicted molar refractivity (Wildman–Crippen MR) is 122 cm³/mol. The highest BCUT2D eigenvalue weighted by Gasteiger charge is 2.12. The maximum Gasteiger partial charge on any atom is 0.191 e. The van der Waals surface area contributed by atoms with Crippen LogP contribution in [0.4, 0.5) is 0 Å². The van der Waals surface area contributed by atoms with Crippen molar-refractivity contribution in [2.75, 3.05) is 39.4 Å². The molecule has 6 nitrogen and oxygen atoms in total. The van der Waals surface area contributed by atoms with Crippen molar-refractivity contribution in [3.63, 3.8) is 0 Å². The number of guanidine groups is 1. The summed E-state index contributed by atoms with van der Waals surface area (Å²) in [5.74, 6) is 1.16. The van der Waals surface area contributed by atoms with E-state index in [0.717, 1.165) is 64.7 Å². The Morgan fingerprint density at radius 1 is 1.03 bits per heavy atom. The smallest absolute Gasteiger partial charge is 0.191 e. The van der Waals surface area contributed by atoms with Crippen LogP contribution in [0.1, 0.15) is 30.0 Å². The van der Waals surface area contributed by atoms with Crippen molar-refractivity contribution in [1.82, 2.24) is 15.5 Å². The van der Waals surface area contributed by atoms with E-state index >= 15 is 0 Å². The van der Waals surface area contributed by atoms with Gasteiger partial charge in [-0.15, -0.1) is 0 Å². The highest BCUT2D eigenvalue weighted by atomic mass is 16.5. The summed E-state index contributed by atoms with van der Waals surface area (Å²) < 4.78 is 5.46. The lowest BCUT2D eigenvalue weighted by Gasteiger charge is -2.27. The second-order valence-corrected chi connectivity index (χ2v) is 7.55. The molecule has 162 valence electrons. The summed E-state index contributed by atoms with van der Waals surface area (Å²) in [6.45, 7) is 8.99. The van der Waals surface area contributed by atoms with E-state index < -0.39 is 0 Å². The molecule has 2 aromatic carbocycles. The molecule has 1 heterocycles. The molecule has 0 radical (unpaired) electrons. The maximum absolute atomic E-state index is 9.38. The van der Waals surface area contributed by atoms with Crippen LogP contribution in [0.15, 0.2) is 53.5 Å². The Morgan fingerprint density at radius 3 is 2.50 bits per heavy atom. The maximum atomic E-state index is 9.38. The molecule has 0 spiro atoms. The topological polar surface area (TPSA) is 69.1 Å². The highest BCUT2D eigenvalue weighted by molar-refractivity contribution is 5.79. The Morgan fingerprint density at radius 2 is 1.77 bits per heavy atom. The van der Waals surface area contributed by atoms with Gasteiger partial charge in [0.15, 0.2) is 5.96 Å². The largest absolute Gasteiger partial charge is 0.508 e. The highest BCUT2D eigenvalue weighted by Crippen LogP contribution is 2.14. The molecule has 1 saturated heterocycles. The van der Waals surface area contributed by atoms with E-state index in [1.165, 1.54) is 16.7 Å². The van der Waals surface area contributed by atoms with Crippen LogP contribution in [0.2, 0.25) is 0 Å². The molecule has 1 aliphatic heterocycles. The molecular formula is C24H34N4O2. The van der Waals surface area contributed by atoms with Crippen molar-refractivity contribution in [2.45, 2.75) is 32.9 Å². The predicted octanol–water partition coefficient (Wildman–Crippen LogP) is 2.91. The van der Waals surface area contributed by atoms with Gasteiger partial charge < -0.3 is 20.5 Å². The van der Waals surface area contributed by atoms with Crippen molar-refractivity contribution in [3.05, 3.63) is 65.2 Å². The quantitative estimate of drug-likeness (QED) is 0.337. The van der Waals surface area contributed by atoms with Gasteiger partial charge in [-0.3, -0.25) is 4.90 Å². The Hall–Kier alpha value is -2.57. The standard InChI is InChI=1S/C24H34N4O2/c1-2-25-24(26-13-5-6-20-9-11-23(29)12-10-20)27-18-21-7-3-4-8-22(21)19-28-14-16-30-17-15-28/h3-4,7-12,29H,2,5-6,13-19H2,1H3,(H2,25,26,27). The Labute approximate surface area is 180 Å². The minimum absolute atomic E-state index is 0.312. The number of ether oxygens (including phenoxy) is 1. The van der Waals surface area contributed by atoms with E-state index in [4.69, 9.17) is 9.73 Å². The number of aromatic hydroxyl groups is 1. The molecule has 1 aliphatic rings. The van der Waals surface area contributed by atoms with Gasteiger partial charge in [0.25, 0.3) is 0 Å². The molecule has 1 fully saturated rings. The molecule has 6 heteroatoms. The van der Waals surface area contributed by atoms with Crippen LogP contribution >= 0.6 is 0 Å². The molecule has 0 unspecified atom stereocenters. The summed E-state index contributed by atoms with van der Waals surface area (Å²) in [5, 5.41) is 16.2. The second-order valence-electron chi connectivity index (χ2n) is 7.55. The van der Waals surface area contributed by atoms with E-state index in [2.05, 4.69) is 46.7 Å². The van der Waals surface area contributed by atoms with Gasteiger partial charge in [-0.05, 0) is 48.6 Å². The molecule has 0 atom stereocenters. The lowest BCUT2D eigenvalue weighted by atomic mass is 10.1. The van der Waals surface area contributed by atoms with Crippen molar-refractivity contribution in [3.8, 4) is 5.75 Å². The molecule has 30 heavy (non-hydrogen) atoms. The van der Waals surface area contributed by atoms with Crippen molar-refractivity contribution in [1.29, 1.82) is 0 Å². The third kappa shape index (κ3) is 7.35. The average Bonchev–Trinajstić information content (AvgIpc) is 2.78. The monoisotopic (exact) mass is 410 g/mol. The fourth-order valence-electron chi connectivity index (χ4n) is 3.53. The Bertz CT molecular complexity index is 786. The van der Waals surface area contributed by atoms with Crippen LogP contribution in [-0.2, 0) is 24.2 Å². The number of rotatable bonds is 9. The number of nitrogens with one attached hydrogen (secondary N) is 2. The summed E-state index contributed by atoms with van der Waals surface area (Å²) in [5.41, 5.74) is 3.84. The van der Waals surface area contributed by atoms with Crippen LogP contribution in [0.5, 0.6) is 5.75 Å². The molecule has 0 bridgehead atoms. The first kappa shape index (κ1) is 22.1. The number of nitrogens with zero attached hydrogens (tertiary/aromatic N) is 2. The van der Waals surface area contributed by atoms with Crippen LogP contribution in [-0.4, -0.2) is 55.4 Å². The number of aryl methyl sites for hydroxylation is 1. The van der Waals surface area contributed by atoms with E-state index in [-0.39, 0.29) is 0 Å². The molecule has 3 rings (SSSR count). The van der Waals surface area contributed by atoms with Gasteiger partial charge in [0.05, 0.1) is 19.8 Å². The fourth-order valence-corrected chi connectivity index (χ4v) is 3.53. The zero-order chi connectivity index (χ0) is 21.0. The third-order valence-corrected chi connectivity index (χ3v) is 5.24. The zero-order valence-electron chi connectivity index (χ0n) is 17.9. The third-order valence-electron chi connectivity index (χ3n) is 5.24. The second kappa shape index (κ2) is 12.2. The first-order valence-corrected chi connectivity index (χ1v) is 10.9. The minimum Gasteiger partial charge on any atom is -0.508 e. The number of phenols is 1. The lowest BCUT2D eigenvalue weighted by Crippen LogP contribution is -2.38. The zero-order valence-corrected chi connectivity index (χ0v) is 17.9. The van der Waals surface area contributed by atoms with Crippen molar-refractivity contribution < 1.29 is 9.84 Å². The van der Waals surface area contributed by atoms with E-state index in [1.807, 2.05) is 12.1 Å². The number of phenolic OH excluding ortho intramolecular Hbond substituents is 1. The number of hydrogen-bond acceptors (Lipinski definition) is 4. The molecule has 0 saturated carbocycles. The molecule has 2 aromatic rings. The van der Waals surface area contributed by atoms with E-state index in [1.54, 1.807) is 12.1 Å². The summed E-state index contributed by atoms with van der Waals surface area (Å²) in [6, 6.07) is 16.0. The van der Waals surface area contributed by atoms with Gasteiger partial charge >= 0.3 is 0 Å². The normalized spacial score (nSPS) is 15.2. The summed E-state index contributed by atoms with van der Waals surface area (Å²) in [4.78, 5) is 7.26. The number of hydrogen-bond donors (Lipinski definition) is 3. The number of morpholine rings is 1. The van der Waals surface area contributed by atoms with E-state index in [9.17, 15) is 5.11 Å². The molecular weight excluding hydrogens is 376 g/mol. The first-order chi connectivity index (χ1) is 14.7. The van der Waals surface area contributed by atoms with E-state index in [0.29, 0.717) is 12.3 Å². The lowest BCUT2D eigenvalue weighted by molar-refractivity contribution is 0.0341. The van der Waals surface area contributed by atoms with Gasteiger partial charge in [-0.1, -0.05) is 36.4 Å². The summed E-state index contributed by atoms with van der Waals surface area (Å²) in [6.07, 6.45) is 1.97. The number of benzene rings is 2. The molecule has 0 amide bonds. The van der Waals surface area contributed by atoms with Gasteiger partial charge in [0.1, 0.15) is 5.75 Å². The van der Waals surface area contributed by atoms with Crippen LogP contribution in [0.25, 0.3) is 0 Å². The van der Waals surface area contributed by atoms with Gasteiger partial charge in [0.2, 0.25) is 0 Å². The number of aliphatic imine (C=N–C) groups is 1. The Balaban J connectivity index is 1.51. The van der Waals surface area contributed by atoms with Crippen molar-refractivity contribution in [2.24, 2.45) is 4.99 Å². The molecule has 3 N–H and O–H groups in total. The molecule has 0 aliphatic carbocycles. The van der Waals surface area contributed by atoms with Crippen LogP contribution < -0.4 is 10.6 Å². The minimum atomic E-state index is 0.312. The van der Waals surface area contributed by atoms with Gasteiger partial charge in [-0.25, -0.2) is 4.99 Å². The SMILES string of the molecule is CCNC(=NCc1ccccc1CN1CCOCC1)NCCCc1ccc(O)cc1. The first-order valence-electron chi connectivity index (χ1n) is 10.9. The van der Waals surface area contributed by atoms with Crippen LogP contribution in [0.3, 0.4) is 0 Å². The Kier molecular flexibility index (Phi) is 9.00. The molecule has 0 aromatic heterocycles. The van der Waals surface area contributed by atoms with Gasteiger partial charge in [-0.2, -0.15) is 0 Å². The summed E-state index contributed by atoms with van der Waals surface area (Å²) >= 11 is 0. The fraction of sp³-hybridized carbons (Fsp3) is 0.458.